The number of hydrogen-bond donors (Lipinski definition) is 1. The molecule has 1 heterocycles. The number of imidazole rings is 1. The molecule has 3 heteroatoms. The van der Waals surface area contributed by atoms with Crippen molar-refractivity contribution in [2.75, 3.05) is 11.9 Å². The summed E-state index contributed by atoms with van der Waals surface area (Å²) < 4.78 is 2.03. The van der Waals surface area contributed by atoms with Crippen LogP contribution >= 0.6 is 0 Å². The summed E-state index contributed by atoms with van der Waals surface area (Å²) in [6.07, 6.45) is 4.26. The predicted octanol–water partition coefficient (Wildman–Crippen LogP) is 2.77. The van der Waals surface area contributed by atoms with E-state index >= 15 is 0 Å². The minimum Gasteiger partial charge on any atom is -0.356 e. The fraction of sp³-hybridized carbons (Fsp3) is 0.357. The Kier molecular flexibility index (Phi) is 3.81. The first-order valence-corrected chi connectivity index (χ1v) is 6.03. The lowest BCUT2D eigenvalue weighted by molar-refractivity contribution is 0.832. The van der Waals surface area contributed by atoms with Crippen molar-refractivity contribution in [3.63, 3.8) is 0 Å². The molecule has 0 aliphatic carbocycles. The van der Waals surface area contributed by atoms with Crippen LogP contribution in [0.3, 0.4) is 0 Å². The molecule has 0 atom stereocenters. The third kappa shape index (κ3) is 3.34. The number of nitrogens with zero attached hydrogens (tertiary/aromatic N) is 2. The highest BCUT2D eigenvalue weighted by atomic mass is 15.2. The molecule has 0 amide bonds. The number of benzene rings is 1. The van der Waals surface area contributed by atoms with Crippen molar-refractivity contribution in [2.24, 2.45) is 7.05 Å². The second kappa shape index (κ2) is 5.53. The van der Waals surface area contributed by atoms with Crippen LogP contribution in [0, 0.1) is 6.92 Å². The second-order valence-electron chi connectivity index (χ2n) is 4.33. The zero-order valence-electron chi connectivity index (χ0n) is 10.5. The fourth-order valence-electron chi connectivity index (χ4n) is 1.92. The quantitative estimate of drug-likeness (QED) is 0.799. The summed E-state index contributed by atoms with van der Waals surface area (Å²) in [5.41, 5.74) is 2.45. The standard InChI is InChI=1S/C14H19N3/c1-12-11-17(2)14(16-12)15-10-6-9-13-7-4-3-5-8-13/h3-5,7-8,11H,6,9-10H2,1-2H3,(H,15,16). The molecule has 0 spiro atoms. The average Bonchev–Trinajstić information content (AvgIpc) is 2.65. The van der Waals surface area contributed by atoms with E-state index in [2.05, 4.69) is 40.6 Å². The summed E-state index contributed by atoms with van der Waals surface area (Å²) in [7, 11) is 2.01. The van der Waals surface area contributed by atoms with Crippen LogP contribution in [0.25, 0.3) is 0 Å². The summed E-state index contributed by atoms with van der Waals surface area (Å²) in [6, 6.07) is 10.6. The Labute approximate surface area is 103 Å². The van der Waals surface area contributed by atoms with Gasteiger partial charge in [-0.25, -0.2) is 4.98 Å². The second-order valence-corrected chi connectivity index (χ2v) is 4.33. The third-order valence-electron chi connectivity index (χ3n) is 2.76. The number of hydrogen-bond acceptors (Lipinski definition) is 2. The molecule has 0 aliphatic heterocycles. The van der Waals surface area contributed by atoms with E-state index in [1.54, 1.807) is 0 Å². The molecule has 1 N–H and O–H groups in total. The maximum Gasteiger partial charge on any atom is 0.202 e. The summed E-state index contributed by atoms with van der Waals surface area (Å²) in [4.78, 5) is 4.41. The average molecular weight is 229 g/mol. The van der Waals surface area contributed by atoms with Gasteiger partial charge in [0.05, 0.1) is 5.69 Å². The van der Waals surface area contributed by atoms with E-state index in [1.165, 1.54) is 5.56 Å². The third-order valence-corrected chi connectivity index (χ3v) is 2.76. The van der Waals surface area contributed by atoms with Crippen molar-refractivity contribution < 1.29 is 0 Å². The van der Waals surface area contributed by atoms with Crippen LogP contribution in [-0.4, -0.2) is 16.1 Å². The minimum absolute atomic E-state index is 0.954. The van der Waals surface area contributed by atoms with Crippen LogP contribution in [0.1, 0.15) is 17.7 Å². The molecule has 17 heavy (non-hydrogen) atoms. The molecule has 0 fully saturated rings. The first-order valence-electron chi connectivity index (χ1n) is 6.03. The Balaban J connectivity index is 1.75. The maximum absolute atomic E-state index is 4.41. The lowest BCUT2D eigenvalue weighted by Crippen LogP contribution is -2.07. The monoisotopic (exact) mass is 229 g/mol. The summed E-state index contributed by atoms with van der Waals surface area (Å²) in [5.74, 6) is 0.954. The SMILES string of the molecule is Cc1cn(C)c(NCCCc2ccccc2)n1. The van der Waals surface area contributed by atoms with Crippen molar-refractivity contribution in [1.29, 1.82) is 0 Å². The molecule has 3 nitrogen and oxygen atoms in total. The van der Waals surface area contributed by atoms with Gasteiger partial charge in [-0.15, -0.1) is 0 Å². The van der Waals surface area contributed by atoms with Gasteiger partial charge >= 0.3 is 0 Å². The van der Waals surface area contributed by atoms with E-state index < -0.39 is 0 Å². The normalized spacial score (nSPS) is 10.5. The zero-order chi connectivity index (χ0) is 12.1. The maximum atomic E-state index is 4.41. The molecule has 2 aromatic rings. The molecule has 0 bridgehead atoms. The van der Waals surface area contributed by atoms with Crippen LogP contribution < -0.4 is 5.32 Å². The van der Waals surface area contributed by atoms with Crippen LogP contribution in [0.5, 0.6) is 0 Å². The summed E-state index contributed by atoms with van der Waals surface area (Å²) in [5, 5.41) is 3.36. The Morgan fingerprint density at radius 3 is 2.65 bits per heavy atom. The topological polar surface area (TPSA) is 29.9 Å². The molecule has 0 aliphatic rings. The van der Waals surface area contributed by atoms with Crippen molar-refractivity contribution >= 4 is 5.95 Å². The van der Waals surface area contributed by atoms with Gasteiger partial charge < -0.3 is 9.88 Å². The van der Waals surface area contributed by atoms with Gasteiger partial charge in [-0.05, 0) is 25.3 Å². The number of nitrogens with one attached hydrogen (secondary N) is 1. The van der Waals surface area contributed by atoms with Crippen molar-refractivity contribution in [1.82, 2.24) is 9.55 Å². The van der Waals surface area contributed by atoms with Gasteiger partial charge in [-0.2, -0.15) is 0 Å². The Hall–Kier alpha value is -1.77. The molecule has 0 radical (unpaired) electrons. The van der Waals surface area contributed by atoms with E-state index in [9.17, 15) is 0 Å². The number of rotatable bonds is 5. The van der Waals surface area contributed by atoms with Gasteiger partial charge in [0.15, 0.2) is 0 Å². The van der Waals surface area contributed by atoms with Crippen molar-refractivity contribution in [3.8, 4) is 0 Å². The van der Waals surface area contributed by atoms with Crippen molar-refractivity contribution in [3.05, 3.63) is 47.8 Å². The summed E-state index contributed by atoms with van der Waals surface area (Å²) >= 11 is 0. The molecular weight excluding hydrogens is 210 g/mol. The highest BCUT2D eigenvalue weighted by Crippen LogP contribution is 2.07. The van der Waals surface area contributed by atoms with E-state index in [4.69, 9.17) is 0 Å². The molecule has 0 saturated carbocycles. The van der Waals surface area contributed by atoms with E-state index in [0.717, 1.165) is 31.0 Å². The molecule has 0 saturated heterocycles. The smallest absolute Gasteiger partial charge is 0.202 e. The molecule has 90 valence electrons. The van der Waals surface area contributed by atoms with E-state index in [1.807, 2.05) is 24.7 Å². The molecule has 1 aromatic carbocycles. The number of aromatic nitrogens is 2. The Morgan fingerprint density at radius 1 is 1.24 bits per heavy atom. The number of anilines is 1. The van der Waals surface area contributed by atoms with Gasteiger partial charge in [-0.3, -0.25) is 0 Å². The lowest BCUT2D eigenvalue weighted by atomic mass is 10.1. The zero-order valence-corrected chi connectivity index (χ0v) is 10.5. The number of aryl methyl sites for hydroxylation is 3. The van der Waals surface area contributed by atoms with E-state index in [-0.39, 0.29) is 0 Å². The largest absolute Gasteiger partial charge is 0.356 e. The fourth-order valence-corrected chi connectivity index (χ4v) is 1.92. The van der Waals surface area contributed by atoms with Crippen molar-refractivity contribution in [2.45, 2.75) is 19.8 Å². The highest BCUT2D eigenvalue weighted by Gasteiger charge is 2.00. The van der Waals surface area contributed by atoms with Crippen LogP contribution in [-0.2, 0) is 13.5 Å². The first kappa shape index (κ1) is 11.7. The van der Waals surface area contributed by atoms with Gasteiger partial charge in [0, 0.05) is 19.8 Å². The van der Waals surface area contributed by atoms with Gasteiger partial charge in [0.2, 0.25) is 5.95 Å². The molecular formula is C14H19N3. The van der Waals surface area contributed by atoms with Crippen LogP contribution in [0.15, 0.2) is 36.5 Å². The minimum atomic E-state index is 0.954. The Bertz CT molecular complexity index is 460. The van der Waals surface area contributed by atoms with Crippen LogP contribution in [0.4, 0.5) is 5.95 Å². The van der Waals surface area contributed by atoms with Gasteiger partial charge in [-0.1, -0.05) is 30.3 Å². The molecule has 2 rings (SSSR count). The predicted molar refractivity (Wildman–Crippen MR) is 71.2 cm³/mol. The van der Waals surface area contributed by atoms with E-state index in [0.29, 0.717) is 0 Å². The lowest BCUT2D eigenvalue weighted by Gasteiger charge is -2.05. The molecule has 1 aromatic heterocycles. The summed E-state index contributed by atoms with van der Waals surface area (Å²) in [6.45, 7) is 2.97. The van der Waals surface area contributed by atoms with Gasteiger partial charge in [0.25, 0.3) is 0 Å². The first-order chi connectivity index (χ1) is 8.25. The molecule has 0 unspecified atom stereocenters. The van der Waals surface area contributed by atoms with Crippen LogP contribution in [0.2, 0.25) is 0 Å². The Morgan fingerprint density at radius 2 is 2.00 bits per heavy atom. The highest BCUT2D eigenvalue weighted by molar-refractivity contribution is 5.28. The van der Waals surface area contributed by atoms with Gasteiger partial charge in [0.1, 0.15) is 0 Å².